The first-order valence-electron chi connectivity index (χ1n) is 17.0. The van der Waals surface area contributed by atoms with Crippen LogP contribution in [-0.2, 0) is 0 Å². The Morgan fingerprint density at radius 3 is 1.71 bits per heavy atom. The summed E-state index contributed by atoms with van der Waals surface area (Å²) in [6, 6.07) is 40.8. The maximum Gasteiger partial charge on any atom is 0.135 e. The number of aromatic hydroxyl groups is 4. The largest absolute Gasteiger partial charge is 0.507 e. The van der Waals surface area contributed by atoms with E-state index in [0.29, 0.717) is 49.4 Å². The Hall–Kier alpha value is -6.52. The molecule has 0 aliphatic carbocycles. The Morgan fingerprint density at radius 2 is 0.980 bits per heavy atom. The highest BCUT2D eigenvalue weighted by atomic mass is 16.3. The van der Waals surface area contributed by atoms with E-state index in [2.05, 4.69) is 55.1 Å². The minimum absolute atomic E-state index is 0.00845. The van der Waals surface area contributed by atoms with Crippen LogP contribution >= 0.6 is 0 Å². The van der Waals surface area contributed by atoms with E-state index in [-0.39, 0.29) is 28.6 Å². The van der Waals surface area contributed by atoms with E-state index in [0.717, 1.165) is 44.2 Å². The number of hydrogen-bond donors (Lipinski definition) is 4. The van der Waals surface area contributed by atoms with Gasteiger partial charge in [0.1, 0.15) is 23.0 Å². The third kappa shape index (κ3) is 4.83. The normalized spacial score (nSPS) is 11.4. The summed E-state index contributed by atoms with van der Waals surface area (Å²) in [5.74, 6) is -0.300. The van der Waals surface area contributed by atoms with Gasteiger partial charge < -0.3 is 20.4 Å². The smallest absolute Gasteiger partial charge is 0.135 e. The second kappa shape index (κ2) is 12.1. The van der Waals surface area contributed by atoms with Gasteiger partial charge in [-0.05, 0) is 82.1 Å². The van der Waals surface area contributed by atoms with Gasteiger partial charge in [0.2, 0.25) is 0 Å². The molecular weight excluding hydrogens is 629 g/mol. The lowest BCUT2D eigenvalue weighted by Crippen LogP contribution is -1.99. The molecule has 8 aromatic rings. The zero-order valence-electron chi connectivity index (χ0n) is 28.6. The summed E-state index contributed by atoms with van der Waals surface area (Å²) in [5, 5.41) is 51.7. The maximum absolute atomic E-state index is 12.1. The van der Waals surface area contributed by atoms with E-state index >= 15 is 0 Å². The molecule has 0 fully saturated rings. The predicted molar refractivity (Wildman–Crippen MR) is 212 cm³/mol. The molecule has 0 aliphatic rings. The number of aryl methyl sites for hydroxylation is 2. The number of rotatable bonds is 5. The van der Waals surface area contributed by atoms with Crippen LogP contribution in [0.1, 0.15) is 22.3 Å². The lowest BCUT2D eigenvalue weighted by Gasteiger charge is -2.25. The topological polar surface area (TPSA) is 80.9 Å². The van der Waals surface area contributed by atoms with Crippen LogP contribution in [0, 0.1) is 20.8 Å². The van der Waals surface area contributed by atoms with Gasteiger partial charge in [-0.25, -0.2) is 0 Å². The fourth-order valence-electron chi connectivity index (χ4n) is 7.79. The van der Waals surface area contributed by atoms with Crippen molar-refractivity contribution >= 4 is 38.4 Å². The molecule has 0 amide bonds. The van der Waals surface area contributed by atoms with Crippen LogP contribution in [0.4, 0.5) is 0 Å². The first-order valence-corrected chi connectivity index (χ1v) is 17.0. The molecule has 0 heterocycles. The molecule has 8 aromatic carbocycles. The molecule has 0 bridgehead atoms. The monoisotopic (exact) mass is 664 g/mol. The van der Waals surface area contributed by atoms with Crippen LogP contribution in [0.5, 0.6) is 23.0 Å². The molecule has 0 atom stereocenters. The van der Waals surface area contributed by atoms with Gasteiger partial charge in [0, 0.05) is 38.2 Å². The van der Waals surface area contributed by atoms with Crippen molar-refractivity contribution in [1.29, 1.82) is 0 Å². The van der Waals surface area contributed by atoms with E-state index in [1.54, 1.807) is 6.92 Å². The Labute approximate surface area is 296 Å². The van der Waals surface area contributed by atoms with Gasteiger partial charge in [-0.15, -0.1) is 0 Å². The molecule has 4 nitrogen and oxygen atoms in total. The second-order valence-corrected chi connectivity index (χ2v) is 13.2. The standard InChI is InChI=1S/C47H36O4/c1-5-35-45(49)27(3)39-41(34-18-11-17-33(25-34)29-13-7-6-8-14-29)38-26(2)44(48)28(4)46(50)42(38)40(43(39)47(35)51)32-23-21-31(22-24-32)37-20-12-16-30-15-9-10-19-36(30)37/h5-25,48-51H,1H2,2-4H3. The van der Waals surface area contributed by atoms with Crippen molar-refractivity contribution in [3.8, 4) is 67.5 Å². The van der Waals surface area contributed by atoms with Crippen LogP contribution in [-0.4, -0.2) is 20.4 Å². The minimum atomic E-state index is -0.138. The zero-order valence-corrected chi connectivity index (χ0v) is 28.6. The van der Waals surface area contributed by atoms with Gasteiger partial charge in [-0.2, -0.15) is 0 Å². The number of hydrogen-bond acceptors (Lipinski definition) is 4. The van der Waals surface area contributed by atoms with Gasteiger partial charge in [0.05, 0.1) is 5.56 Å². The SMILES string of the molecule is C=Cc1c(O)c(C)c2c(-c3cccc(-c4ccccc4)c3)c3c(C)c(O)c(C)c(O)c3c(-c3ccc(-c4cccc5ccccc45)cc3)c2c1O. The van der Waals surface area contributed by atoms with Gasteiger partial charge in [0.25, 0.3) is 0 Å². The molecule has 8 rings (SSSR count). The molecular formula is C47H36O4. The van der Waals surface area contributed by atoms with Crippen LogP contribution < -0.4 is 0 Å². The maximum atomic E-state index is 12.1. The van der Waals surface area contributed by atoms with E-state index in [9.17, 15) is 20.4 Å². The molecule has 4 N–H and O–H groups in total. The number of phenols is 4. The predicted octanol–water partition coefficient (Wildman–Crippen LogP) is 12.2. The van der Waals surface area contributed by atoms with Crippen molar-refractivity contribution in [2.45, 2.75) is 20.8 Å². The lowest BCUT2D eigenvalue weighted by atomic mass is 9.80. The molecule has 51 heavy (non-hydrogen) atoms. The van der Waals surface area contributed by atoms with Crippen molar-refractivity contribution < 1.29 is 20.4 Å². The molecule has 0 saturated carbocycles. The van der Waals surface area contributed by atoms with Gasteiger partial charge >= 0.3 is 0 Å². The van der Waals surface area contributed by atoms with E-state index < -0.39 is 0 Å². The molecule has 4 heteroatoms. The summed E-state index contributed by atoms with van der Waals surface area (Å²) >= 11 is 0. The molecule has 0 aromatic heterocycles. The van der Waals surface area contributed by atoms with Crippen LogP contribution in [0.2, 0.25) is 0 Å². The summed E-state index contributed by atoms with van der Waals surface area (Å²) < 4.78 is 0. The Morgan fingerprint density at radius 1 is 0.431 bits per heavy atom. The Balaban J connectivity index is 1.53. The molecule has 248 valence electrons. The van der Waals surface area contributed by atoms with Crippen molar-refractivity contribution in [3.05, 3.63) is 150 Å². The first kappa shape index (κ1) is 31.7. The fraction of sp³-hybridized carbons (Fsp3) is 0.0638. The molecule has 0 unspecified atom stereocenters. The van der Waals surface area contributed by atoms with Crippen LogP contribution in [0.15, 0.2) is 128 Å². The van der Waals surface area contributed by atoms with Crippen LogP contribution in [0.3, 0.4) is 0 Å². The fourth-order valence-corrected chi connectivity index (χ4v) is 7.79. The molecule has 0 spiro atoms. The second-order valence-electron chi connectivity index (χ2n) is 13.2. The summed E-state index contributed by atoms with van der Waals surface area (Å²) in [7, 11) is 0. The van der Waals surface area contributed by atoms with Crippen molar-refractivity contribution in [1.82, 2.24) is 0 Å². The Kier molecular flexibility index (Phi) is 7.54. The average molecular weight is 665 g/mol. The van der Waals surface area contributed by atoms with E-state index in [1.807, 2.05) is 86.6 Å². The minimum Gasteiger partial charge on any atom is -0.507 e. The average Bonchev–Trinajstić information content (AvgIpc) is 3.17. The third-order valence-electron chi connectivity index (χ3n) is 10.4. The van der Waals surface area contributed by atoms with Gasteiger partial charge in [0.15, 0.2) is 0 Å². The molecule has 0 aliphatic heterocycles. The zero-order chi connectivity index (χ0) is 35.6. The quantitative estimate of drug-likeness (QED) is 0.138. The molecule has 0 saturated heterocycles. The lowest BCUT2D eigenvalue weighted by molar-refractivity contribution is 0.445. The van der Waals surface area contributed by atoms with Crippen molar-refractivity contribution in [2.75, 3.05) is 0 Å². The van der Waals surface area contributed by atoms with Gasteiger partial charge in [-0.3, -0.25) is 0 Å². The number of phenolic OH excluding ortho intramolecular Hbond substituents is 4. The highest BCUT2D eigenvalue weighted by molar-refractivity contribution is 6.27. The first-order chi connectivity index (χ1) is 24.7. The van der Waals surface area contributed by atoms with E-state index in [1.165, 1.54) is 6.08 Å². The number of fused-ring (bicyclic) bond motifs is 3. The third-order valence-corrected chi connectivity index (χ3v) is 10.4. The highest BCUT2D eigenvalue weighted by Crippen LogP contribution is 2.56. The summed E-state index contributed by atoms with van der Waals surface area (Å²) in [4.78, 5) is 0. The summed E-state index contributed by atoms with van der Waals surface area (Å²) in [5.41, 5.74) is 8.68. The van der Waals surface area contributed by atoms with E-state index in [4.69, 9.17) is 0 Å². The summed E-state index contributed by atoms with van der Waals surface area (Å²) in [6.07, 6.45) is 1.46. The van der Waals surface area contributed by atoms with Gasteiger partial charge in [-0.1, -0.05) is 128 Å². The number of benzene rings is 8. The molecule has 0 radical (unpaired) electrons. The van der Waals surface area contributed by atoms with Crippen molar-refractivity contribution in [3.63, 3.8) is 0 Å². The Bertz CT molecular complexity index is 2700. The van der Waals surface area contributed by atoms with Crippen LogP contribution in [0.25, 0.3) is 82.9 Å². The highest BCUT2D eigenvalue weighted by Gasteiger charge is 2.29. The summed E-state index contributed by atoms with van der Waals surface area (Å²) in [6.45, 7) is 9.29. The van der Waals surface area contributed by atoms with Crippen molar-refractivity contribution in [2.24, 2.45) is 0 Å².